The molecule has 0 saturated carbocycles. The lowest BCUT2D eigenvalue weighted by Crippen LogP contribution is -2.18. The van der Waals surface area contributed by atoms with E-state index in [1.54, 1.807) is 18.2 Å². The molecule has 1 unspecified atom stereocenters. The zero-order chi connectivity index (χ0) is 19.7. The molecule has 2 heterocycles. The van der Waals surface area contributed by atoms with Crippen molar-refractivity contribution in [3.63, 3.8) is 0 Å². The van der Waals surface area contributed by atoms with Crippen molar-refractivity contribution in [2.75, 3.05) is 23.3 Å². The van der Waals surface area contributed by atoms with Crippen molar-refractivity contribution in [1.82, 2.24) is 0 Å². The summed E-state index contributed by atoms with van der Waals surface area (Å²) in [7, 11) is -3.89. The van der Waals surface area contributed by atoms with Gasteiger partial charge in [0.2, 0.25) is 5.91 Å². The lowest BCUT2D eigenvalue weighted by atomic mass is 10.2. The molecule has 2 aliphatic rings. The molecule has 9 heteroatoms. The minimum Gasteiger partial charge on any atom is -0.489 e. The number of carbonyl (C=O) groups is 1. The Morgan fingerprint density at radius 1 is 1.25 bits per heavy atom. The number of ether oxygens (including phenoxy) is 2. The summed E-state index contributed by atoms with van der Waals surface area (Å²) in [5, 5.41) is 3.06. The molecule has 2 N–H and O–H groups in total. The van der Waals surface area contributed by atoms with E-state index in [1.807, 2.05) is 0 Å². The zero-order valence-electron chi connectivity index (χ0n) is 14.9. The van der Waals surface area contributed by atoms with Crippen LogP contribution in [0.25, 0.3) is 0 Å². The van der Waals surface area contributed by atoms with Crippen molar-refractivity contribution in [3.8, 4) is 5.75 Å². The van der Waals surface area contributed by atoms with Gasteiger partial charge >= 0.3 is 0 Å². The molecule has 0 aromatic heterocycles. The highest BCUT2D eigenvalue weighted by Crippen LogP contribution is 2.32. The topological polar surface area (TPSA) is 93.7 Å². The van der Waals surface area contributed by atoms with Gasteiger partial charge in [-0.2, -0.15) is 0 Å². The van der Waals surface area contributed by atoms with E-state index in [9.17, 15) is 13.2 Å². The molecule has 1 saturated heterocycles. The minimum atomic E-state index is -3.89. The van der Waals surface area contributed by atoms with Gasteiger partial charge in [0.25, 0.3) is 10.0 Å². The van der Waals surface area contributed by atoms with E-state index in [2.05, 4.69) is 10.0 Å². The lowest BCUT2D eigenvalue weighted by Gasteiger charge is -2.16. The maximum atomic E-state index is 12.9. The van der Waals surface area contributed by atoms with Crippen LogP contribution in [0.3, 0.4) is 0 Å². The van der Waals surface area contributed by atoms with Crippen LogP contribution in [0.1, 0.15) is 18.4 Å². The molecule has 2 aromatic rings. The molecule has 2 aliphatic heterocycles. The number of halogens is 1. The molecule has 4 rings (SSSR count). The SMILES string of the molecule is O=C1Cc2cc(S(=O)(=O)Nc3cc(Cl)ccc3OCC3CCCO3)ccc2N1. The van der Waals surface area contributed by atoms with E-state index >= 15 is 0 Å². The van der Waals surface area contributed by atoms with Gasteiger partial charge in [0.05, 0.1) is 23.1 Å². The number of hydrogen-bond donors (Lipinski definition) is 2. The summed E-state index contributed by atoms with van der Waals surface area (Å²) in [5.74, 6) is 0.221. The molecule has 2 aromatic carbocycles. The second-order valence-electron chi connectivity index (χ2n) is 6.74. The molecule has 1 amide bonds. The van der Waals surface area contributed by atoms with Gasteiger partial charge in [-0.15, -0.1) is 0 Å². The van der Waals surface area contributed by atoms with Gasteiger partial charge in [0.15, 0.2) is 0 Å². The van der Waals surface area contributed by atoms with Gasteiger partial charge in [0.1, 0.15) is 12.4 Å². The van der Waals surface area contributed by atoms with Gasteiger partial charge in [-0.25, -0.2) is 8.42 Å². The predicted octanol–water partition coefficient (Wildman–Crippen LogP) is 3.19. The van der Waals surface area contributed by atoms with Crippen molar-refractivity contribution in [1.29, 1.82) is 0 Å². The van der Waals surface area contributed by atoms with E-state index in [0.29, 0.717) is 35.2 Å². The van der Waals surface area contributed by atoms with Crippen molar-refractivity contribution in [2.45, 2.75) is 30.3 Å². The Bertz CT molecular complexity index is 1020. The number of rotatable bonds is 6. The number of fused-ring (bicyclic) bond motifs is 1. The summed E-state index contributed by atoms with van der Waals surface area (Å²) in [6.45, 7) is 1.05. The first-order valence-electron chi connectivity index (χ1n) is 8.90. The fourth-order valence-electron chi connectivity index (χ4n) is 3.24. The molecular weight excluding hydrogens is 404 g/mol. The monoisotopic (exact) mass is 422 g/mol. The van der Waals surface area contributed by atoms with E-state index in [0.717, 1.165) is 12.8 Å². The Hall–Kier alpha value is -2.29. The number of hydrogen-bond acceptors (Lipinski definition) is 5. The molecule has 148 valence electrons. The smallest absolute Gasteiger partial charge is 0.262 e. The predicted molar refractivity (Wildman–Crippen MR) is 106 cm³/mol. The Labute approximate surface area is 168 Å². The molecule has 7 nitrogen and oxygen atoms in total. The van der Waals surface area contributed by atoms with Crippen LogP contribution >= 0.6 is 11.6 Å². The zero-order valence-corrected chi connectivity index (χ0v) is 16.5. The molecule has 0 spiro atoms. The van der Waals surface area contributed by atoms with Gasteiger partial charge < -0.3 is 14.8 Å². The van der Waals surface area contributed by atoms with Gasteiger partial charge in [-0.3, -0.25) is 9.52 Å². The van der Waals surface area contributed by atoms with Crippen molar-refractivity contribution in [3.05, 3.63) is 47.0 Å². The summed E-state index contributed by atoms with van der Waals surface area (Å²) in [4.78, 5) is 11.6. The Kier molecular flexibility index (Phi) is 5.18. The molecule has 0 bridgehead atoms. The van der Waals surface area contributed by atoms with Gasteiger partial charge in [-0.1, -0.05) is 11.6 Å². The third-order valence-corrected chi connectivity index (χ3v) is 6.25. The average molecular weight is 423 g/mol. The van der Waals surface area contributed by atoms with E-state index in [-0.39, 0.29) is 29.0 Å². The third-order valence-electron chi connectivity index (χ3n) is 4.65. The second kappa shape index (κ2) is 7.62. The Morgan fingerprint density at radius 3 is 2.89 bits per heavy atom. The first kappa shape index (κ1) is 19.0. The quantitative estimate of drug-likeness (QED) is 0.745. The van der Waals surface area contributed by atoms with Gasteiger partial charge in [-0.05, 0) is 54.8 Å². The maximum absolute atomic E-state index is 12.9. The van der Waals surface area contributed by atoms with Crippen LogP contribution in [0.4, 0.5) is 11.4 Å². The normalized spacial score (nSPS) is 18.6. The van der Waals surface area contributed by atoms with E-state index < -0.39 is 10.0 Å². The number of sulfonamides is 1. The standard InChI is InChI=1S/C19H19ClN2O5S/c20-13-3-6-18(27-11-14-2-1-7-26-14)17(10-13)22-28(24,25)15-4-5-16-12(8-15)9-19(23)21-16/h3-6,8,10,14,22H,1-2,7,9,11H2,(H,21,23). The summed E-state index contributed by atoms with van der Waals surface area (Å²) in [6, 6.07) is 9.29. The van der Waals surface area contributed by atoms with Crippen LogP contribution < -0.4 is 14.8 Å². The number of amides is 1. The summed E-state index contributed by atoms with van der Waals surface area (Å²) in [5.41, 5.74) is 1.53. The van der Waals surface area contributed by atoms with E-state index in [1.165, 1.54) is 18.2 Å². The largest absolute Gasteiger partial charge is 0.489 e. The fraction of sp³-hybridized carbons (Fsp3) is 0.316. The highest BCUT2D eigenvalue weighted by atomic mass is 35.5. The molecular formula is C19H19ClN2O5S. The Morgan fingerprint density at radius 2 is 2.11 bits per heavy atom. The van der Waals surface area contributed by atoms with Gasteiger partial charge in [0, 0.05) is 17.3 Å². The lowest BCUT2D eigenvalue weighted by molar-refractivity contribution is -0.115. The minimum absolute atomic E-state index is 0.00174. The van der Waals surface area contributed by atoms with E-state index in [4.69, 9.17) is 21.1 Å². The second-order valence-corrected chi connectivity index (χ2v) is 8.85. The highest BCUT2D eigenvalue weighted by molar-refractivity contribution is 7.92. The van der Waals surface area contributed by atoms with Crippen LogP contribution in [0.2, 0.25) is 5.02 Å². The summed E-state index contributed by atoms with van der Waals surface area (Å²) >= 11 is 6.05. The fourth-order valence-corrected chi connectivity index (χ4v) is 4.53. The Balaban J connectivity index is 1.56. The van der Waals surface area contributed by atoms with Crippen LogP contribution in [-0.4, -0.2) is 33.6 Å². The van der Waals surface area contributed by atoms with Crippen LogP contribution in [-0.2, 0) is 26.0 Å². The summed E-state index contributed by atoms with van der Waals surface area (Å²) < 4.78 is 39.6. The molecule has 1 atom stereocenters. The molecule has 1 fully saturated rings. The van der Waals surface area contributed by atoms with Crippen molar-refractivity contribution < 1.29 is 22.7 Å². The molecule has 0 aliphatic carbocycles. The number of carbonyl (C=O) groups excluding carboxylic acids is 1. The van der Waals surface area contributed by atoms with Crippen LogP contribution in [0.5, 0.6) is 5.75 Å². The maximum Gasteiger partial charge on any atom is 0.262 e. The number of nitrogens with one attached hydrogen (secondary N) is 2. The molecule has 0 radical (unpaired) electrons. The average Bonchev–Trinajstić information content (AvgIpc) is 3.28. The summed E-state index contributed by atoms with van der Waals surface area (Å²) in [6.07, 6.45) is 2.06. The van der Waals surface area contributed by atoms with Crippen molar-refractivity contribution in [2.24, 2.45) is 0 Å². The number of benzene rings is 2. The number of anilines is 2. The highest BCUT2D eigenvalue weighted by Gasteiger charge is 2.23. The van der Waals surface area contributed by atoms with Crippen LogP contribution in [0, 0.1) is 0 Å². The first-order valence-corrected chi connectivity index (χ1v) is 10.8. The van der Waals surface area contributed by atoms with Crippen molar-refractivity contribution >= 4 is 38.9 Å². The first-order chi connectivity index (χ1) is 13.4. The van der Waals surface area contributed by atoms with Crippen LogP contribution in [0.15, 0.2) is 41.3 Å². The third kappa shape index (κ3) is 4.09. The molecule has 28 heavy (non-hydrogen) atoms.